The largest absolute Gasteiger partial charge is 0.393 e. The molecule has 176 valence electrons. The molecular weight excluding hydrogens is 384 g/mol. The van der Waals surface area contributed by atoms with Gasteiger partial charge in [0.1, 0.15) is 5.60 Å². The van der Waals surface area contributed by atoms with Gasteiger partial charge in [0, 0.05) is 0 Å². The van der Waals surface area contributed by atoms with Crippen LogP contribution in [0.15, 0.2) is 24.3 Å². The predicted molar refractivity (Wildman–Crippen MR) is 127 cm³/mol. The third-order valence-electron chi connectivity index (χ3n) is 11.0. The molecule has 0 amide bonds. The summed E-state index contributed by atoms with van der Waals surface area (Å²) in [7, 11) is 0. The summed E-state index contributed by atoms with van der Waals surface area (Å²) in [6, 6.07) is 0. The van der Waals surface area contributed by atoms with Crippen LogP contribution in [0.2, 0.25) is 0 Å². The van der Waals surface area contributed by atoms with Crippen molar-refractivity contribution >= 4 is 0 Å². The SMILES string of the molecule is C=CC(CC)(CCC(C)C1CCC2C3CC=C4CC(O)CCC4(C)C3CCC12C)OO. The van der Waals surface area contributed by atoms with Crippen molar-refractivity contribution in [2.24, 2.45) is 40.4 Å². The molecule has 0 radical (unpaired) electrons. The molecule has 4 aliphatic rings. The zero-order chi connectivity index (χ0) is 22.4. The standard InChI is InChI=1S/C28H46O3/c1-6-28(7-2,31-30)17-12-19(3)23-10-11-24-22-9-8-20-18-21(29)13-15-26(20,4)25(22)14-16-27(23,24)5/h6,8,19,21-25,29-30H,1,7,9-18H2,2-5H3. The lowest BCUT2D eigenvalue weighted by atomic mass is 9.47. The second-order valence-electron chi connectivity index (χ2n) is 12.1. The van der Waals surface area contributed by atoms with E-state index in [-0.39, 0.29) is 6.10 Å². The van der Waals surface area contributed by atoms with Gasteiger partial charge in [-0.2, -0.15) is 0 Å². The highest BCUT2D eigenvalue weighted by atomic mass is 17.1. The number of hydrogen-bond donors (Lipinski definition) is 2. The Morgan fingerprint density at radius 2 is 2.00 bits per heavy atom. The Balaban J connectivity index is 1.49. The van der Waals surface area contributed by atoms with Crippen molar-refractivity contribution in [2.75, 3.05) is 0 Å². The fourth-order valence-corrected chi connectivity index (χ4v) is 8.86. The lowest BCUT2D eigenvalue weighted by Crippen LogP contribution is -2.50. The summed E-state index contributed by atoms with van der Waals surface area (Å²) >= 11 is 0. The molecule has 9 atom stereocenters. The Hall–Kier alpha value is -0.640. The van der Waals surface area contributed by atoms with Crippen LogP contribution in [0.4, 0.5) is 0 Å². The van der Waals surface area contributed by atoms with Gasteiger partial charge in [0.05, 0.1) is 6.10 Å². The van der Waals surface area contributed by atoms with Crippen molar-refractivity contribution in [1.82, 2.24) is 0 Å². The van der Waals surface area contributed by atoms with Crippen LogP contribution in [-0.2, 0) is 4.89 Å². The summed E-state index contributed by atoms with van der Waals surface area (Å²) in [4.78, 5) is 4.88. The van der Waals surface area contributed by atoms with E-state index in [2.05, 4.69) is 40.3 Å². The highest BCUT2D eigenvalue weighted by molar-refractivity contribution is 5.25. The van der Waals surface area contributed by atoms with Gasteiger partial charge >= 0.3 is 0 Å². The van der Waals surface area contributed by atoms with Crippen LogP contribution in [0, 0.1) is 40.4 Å². The van der Waals surface area contributed by atoms with E-state index in [0.717, 1.165) is 55.8 Å². The summed E-state index contributed by atoms with van der Waals surface area (Å²) in [5.41, 5.74) is 1.76. The van der Waals surface area contributed by atoms with Crippen LogP contribution in [-0.4, -0.2) is 22.1 Å². The van der Waals surface area contributed by atoms with E-state index in [1.807, 2.05) is 0 Å². The average Bonchev–Trinajstić information content (AvgIpc) is 3.13. The zero-order valence-electron chi connectivity index (χ0n) is 20.4. The number of fused-ring (bicyclic) bond motifs is 5. The van der Waals surface area contributed by atoms with Gasteiger partial charge in [-0.05, 0) is 111 Å². The monoisotopic (exact) mass is 430 g/mol. The smallest absolute Gasteiger partial charge is 0.121 e. The van der Waals surface area contributed by atoms with Crippen molar-refractivity contribution in [1.29, 1.82) is 0 Å². The lowest BCUT2D eigenvalue weighted by Gasteiger charge is -2.58. The van der Waals surface area contributed by atoms with E-state index in [1.54, 1.807) is 11.6 Å². The van der Waals surface area contributed by atoms with Gasteiger partial charge in [-0.3, -0.25) is 5.26 Å². The van der Waals surface area contributed by atoms with E-state index < -0.39 is 5.60 Å². The molecule has 31 heavy (non-hydrogen) atoms. The maximum absolute atomic E-state index is 10.2. The van der Waals surface area contributed by atoms with Crippen LogP contribution in [0.1, 0.15) is 98.3 Å². The summed E-state index contributed by atoms with van der Waals surface area (Å²) in [5.74, 6) is 3.88. The maximum atomic E-state index is 10.2. The van der Waals surface area contributed by atoms with E-state index in [4.69, 9.17) is 4.89 Å². The lowest BCUT2D eigenvalue weighted by molar-refractivity contribution is -0.310. The molecule has 0 saturated heterocycles. The minimum atomic E-state index is -0.588. The summed E-state index contributed by atoms with van der Waals surface area (Å²) in [6.45, 7) is 13.5. The Morgan fingerprint density at radius 3 is 2.68 bits per heavy atom. The van der Waals surface area contributed by atoms with Crippen molar-refractivity contribution in [3.63, 3.8) is 0 Å². The minimum Gasteiger partial charge on any atom is -0.393 e. The van der Waals surface area contributed by atoms with E-state index >= 15 is 0 Å². The molecule has 0 aromatic carbocycles. The van der Waals surface area contributed by atoms with Gasteiger partial charge in [0.25, 0.3) is 0 Å². The molecule has 9 unspecified atom stereocenters. The van der Waals surface area contributed by atoms with E-state index in [0.29, 0.717) is 16.7 Å². The first-order chi connectivity index (χ1) is 14.7. The second kappa shape index (κ2) is 8.61. The van der Waals surface area contributed by atoms with Crippen LogP contribution in [0.3, 0.4) is 0 Å². The molecule has 0 aromatic heterocycles. The summed E-state index contributed by atoms with van der Waals surface area (Å²) in [6.07, 6.45) is 16.7. The maximum Gasteiger partial charge on any atom is 0.121 e. The van der Waals surface area contributed by atoms with Gasteiger partial charge in [0.15, 0.2) is 0 Å². The highest BCUT2D eigenvalue weighted by Crippen LogP contribution is 2.67. The van der Waals surface area contributed by atoms with Gasteiger partial charge in [-0.1, -0.05) is 45.4 Å². The molecule has 4 rings (SSSR count). The molecule has 2 N–H and O–H groups in total. The van der Waals surface area contributed by atoms with Gasteiger partial charge < -0.3 is 5.11 Å². The first kappa shape index (κ1) is 23.5. The van der Waals surface area contributed by atoms with Crippen molar-refractivity contribution in [3.8, 4) is 0 Å². The molecule has 0 bridgehead atoms. The summed E-state index contributed by atoms with van der Waals surface area (Å²) < 4.78 is 0. The Morgan fingerprint density at radius 1 is 1.23 bits per heavy atom. The quantitative estimate of drug-likeness (QED) is 0.256. The van der Waals surface area contributed by atoms with E-state index in [1.165, 1.54) is 38.5 Å². The van der Waals surface area contributed by atoms with Crippen molar-refractivity contribution < 1.29 is 15.3 Å². The van der Waals surface area contributed by atoms with Gasteiger partial charge in [-0.15, -0.1) is 6.58 Å². The number of aliphatic hydroxyl groups is 1. The molecule has 3 nitrogen and oxygen atoms in total. The average molecular weight is 431 g/mol. The molecule has 0 spiro atoms. The van der Waals surface area contributed by atoms with Gasteiger partial charge in [0.2, 0.25) is 0 Å². The third-order valence-corrected chi connectivity index (χ3v) is 11.0. The molecule has 0 aliphatic heterocycles. The van der Waals surface area contributed by atoms with Crippen LogP contribution in [0.25, 0.3) is 0 Å². The van der Waals surface area contributed by atoms with E-state index in [9.17, 15) is 10.4 Å². The normalized spacial score (nSPS) is 45.0. The number of rotatable bonds is 7. The molecule has 0 aromatic rings. The first-order valence-electron chi connectivity index (χ1n) is 13.1. The Labute approximate surface area is 190 Å². The Kier molecular flexibility index (Phi) is 6.53. The van der Waals surface area contributed by atoms with Crippen molar-refractivity contribution in [3.05, 3.63) is 24.3 Å². The molecule has 0 heterocycles. The molecule has 4 aliphatic carbocycles. The molecule has 3 heteroatoms. The molecular formula is C28H46O3. The van der Waals surface area contributed by atoms with Crippen molar-refractivity contribution in [2.45, 2.75) is 110 Å². The number of allylic oxidation sites excluding steroid dienone is 1. The number of aliphatic hydroxyl groups excluding tert-OH is 1. The fraction of sp³-hybridized carbons (Fsp3) is 0.857. The second-order valence-corrected chi connectivity index (χ2v) is 12.1. The fourth-order valence-electron chi connectivity index (χ4n) is 8.86. The zero-order valence-corrected chi connectivity index (χ0v) is 20.4. The highest BCUT2D eigenvalue weighted by Gasteiger charge is 2.59. The summed E-state index contributed by atoms with van der Waals surface area (Å²) in [5, 5.41) is 19.7. The Bertz CT molecular complexity index is 694. The topological polar surface area (TPSA) is 49.7 Å². The molecule has 3 saturated carbocycles. The van der Waals surface area contributed by atoms with Crippen LogP contribution < -0.4 is 0 Å². The number of hydrogen-bond acceptors (Lipinski definition) is 3. The first-order valence-corrected chi connectivity index (χ1v) is 13.1. The van der Waals surface area contributed by atoms with Crippen LogP contribution in [0.5, 0.6) is 0 Å². The predicted octanol–water partition coefficient (Wildman–Crippen LogP) is 7.17. The van der Waals surface area contributed by atoms with Crippen LogP contribution >= 0.6 is 0 Å². The van der Waals surface area contributed by atoms with Gasteiger partial charge in [-0.25, -0.2) is 4.89 Å². The molecule has 3 fully saturated rings. The third kappa shape index (κ3) is 3.77. The minimum absolute atomic E-state index is 0.116.